The maximum atomic E-state index is 11.4. The van der Waals surface area contributed by atoms with Crippen LogP contribution in [0.1, 0.15) is 6.92 Å². The molecule has 9 heteroatoms. The molecule has 1 N–H and O–H groups in total. The third kappa shape index (κ3) is 3.01. The topological polar surface area (TPSA) is 115 Å². The van der Waals surface area contributed by atoms with Crippen molar-refractivity contribution < 1.29 is 14.1 Å². The van der Waals surface area contributed by atoms with Crippen LogP contribution < -0.4 is 10.9 Å². The predicted molar refractivity (Wildman–Crippen MR) is 67.0 cm³/mol. The first-order valence-electron chi connectivity index (χ1n) is 5.00. The third-order valence-electron chi connectivity index (χ3n) is 1.97. The third-order valence-corrected chi connectivity index (χ3v) is 2.90. The Balaban J connectivity index is 2.43. The van der Waals surface area contributed by atoms with Crippen LogP contribution in [-0.2, 0) is 4.79 Å². The lowest BCUT2D eigenvalue weighted by atomic mass is 10.4. The van der Waals surface area contributed by atoms with Crippen LogP contribution in [0.4, 0.5) is 11.0 Å². The molecule has 1 amide bonds. The van der Waals surface area contributed by atoms with Gasteiger partial charge >= 0.3 is 5.88 Å². The van der Waals surface area contributed by atoms with E-state index in [0.29, 0.717) is 4.88 Å². The Bertz CT molecular complexity index is 705. The van der Waals surface area contributed by atoms with Crippen LogP contribution in [0.15, 0.2) is 27.4 Å². The highest BCUT2D eigenvalue weighted by molar-refractivity contribution is 7.18. The molecule has 2 aromatic rings. The highest BCUT2D eigenvalue weighted by Crippen LogP contribution is 2.30. The summed E-state index contributed by atoms with van der Waals surface area (Å²) >= 11 is 0.984. The smallest absolute Gasteiger partial charge is 0.400 e. The summed E-state index contributed by atoms with van der Waals surface area (Å²) in [6.07, 6.45) is 0. The van der Waals surface area contributed by atoms with E-state index >= 15 is 0 Å². The van der Waals surface area contributed by atoms with E-state index in [1.54, 1.807) is 0 Å². The van der Waals surface area contributed by atoms with Crippen LogP contribution >= 0.6 is 11.3 Å². The molecule has 0 aromatic carbocycles. The summed E-state index contributed by atoms with van der Waals surface area (Å²) in [4.78, 5) is 36.1. The largest absolute Gasteiger partial charge is 0.433 e. The number of carbonyl (C=O) groups excluding carboxylic acids is 1. The molecule has 0 aliphatic rings. The van der Waals surface area contributed by atoms with Gasteiger partial charge in [0, 0.05) is 13.0 Å². The lowest BCUT2D eigenvalue weighted by Gasteiger charge is -2.00. The fourth-order valence-electron chi connectivity index (χ4n) is 1.28. The highest BCUT2D eigenvalue weighted by Gasteiger charge is 2.15. The van der Waals surface area contributed by atoms with Gasteiger partial charge in [-0.2, -0.15) is 4.98 Å². The first kappa shape index (κ1) is 12.9. The van der Waals surface area contributed by atoms with Crippen molar-refractivity contribution in [1.82, 2.24) is 4.98 Å². The SMILES string of the molecule is CC(=O)Nc1nc(=O)cc(-c2ccc([N+](=O)[O-])o2)s1. The zero-order valence-electron chi connectivity index (χ0n) is 9.58. The number of amides is 1. The number of hydrogen-bond donors (Lipinski definition) is 1. The molecule has 2 aromatic heterocycles. The minimum absolute atomic E-state index is 0.106. The molecule has 0 aliphatic carbocycles. The van der Waals surface area contributed by atoms with Gasteiger partial charge in [-0.1, -0.05) is 11.3 Å². The summed E-state index contributed by atoms with van der Waals surface area (Å²) in [7, 11) is 0. The minimum Gasteiger partial charge on any atom is -0.400 e. The van der Waals surface area contributed by atoms with Gasteiger partial charge in [0.25, 0.3) is 5.56 Å². The van der Waals surface area contributed by atoms with Crippen molar-refractivity contribution in [2.75, 3.05) is 5.32 Å². The standard InChI is InChI=1S/C10H7N3O5S/c1-5(14)11-10-12-8(15)4-7(19-10)6-2-3-9(18-6)13(16)17/h2-4H,1H3,(H,11,12,14,15). The molecule has 0 saturated carbocycles. The van der Waals surface area contributed by atoms with E-state index in [-0.39, 0.29) is 16.8 Å². The molecule has 0 unspecified atom stereocenters. The van der Waals surface area contributed by atoms with Crippen LogP contribution in [0, 0.1) is 10.1 Å². The minimum atomic E-state index is -0.678. The van der Waals surface area contributed by atoms with Gasteiger partial charge in [-0.15, -0.1) is 0 Å². The van der Waals surface area contributed by atoms with Crippen LogP contribution in [0.5, 0.6) is 0 Å². The average Bonchev–Trinajstić information content (AvgIpc) is 2.76. The van der Waals surface area contributed by atoms with Crippen LogP contribution in [-0.4, -0.2) is 15.8 Å². The molecule has 0 aliphatic heterocycles. The van der Waals surface area contributed by atoms with Gasteiger partial charge in [0.1, 0.15) is 4.92 Å². The number of nitrogens with zero attached hydrogens (tertiary/aromatic N) is 2. The molecule has 2 rings (SSSR count). The van der Waals surface area contributed by atoms with Gasteiger partial charge in [0.15, 0.2) is 10.9 Å². The second-order valence-electron chi connectivity index (χ2n) is 3.44. The van der Waals surface area contributed by atoms with Crippen LogP contribution in [0.25, 0.3) is 10.6 Å². The number of rotatable bonds is 3. The Morgan fingerprint density at radius 3 is 2.84 bits per heavy atom. The van der Waals surface area contributed by atoms with Crippen molar-refractivity contribution in [2.24, 2.45) is 0 Å². The van der Waals surface area contributed by atoms with E-state index in [2.05, 4.69) is 10.3 Å². The summed E-state index contributed by atoms with van der Waals surface area (Å²) in [5.41, 5.74) is -0.573. The van der Waals surface area contributed by atoms with Gasteiger partial charge in [0.05, 0.1) is 10.9 Å². The van der Waals surface area contributed by atoms with Crippen LogP contribution in [0.3, 0.4) is 0 Å². The van der Waals surface area contributed by atoms with E-state index in [4.69, 9.17) is 4.42 Å². The first-order chi connectivity index (χ1) is 8.95. The Labute approximate surface area is 109 Å². The molecule has 0 radical (unpaired) electrons. The second-order valence-corrected chi connectivity index (χ2v) is 4.47. The van der Waals surface area contributed by atoms with Crippen LogP contribution in [0.2, 0.25) is 0 Å². The van der Waals surface area contributed by atoms with Gasteiger partial charge in [-0.25, -0.2) is 0 Å². The monoisotopic (exact) mass is 281 g/mol. The molecule has 2 heterocycles. The summed E-state index contributed by atoms with van der Waals surface area (Å²) in [5, 5.41) is 13.0. The number of furan rings is 1. The molecule has 8 nitrogen and oxygen atoms in total. The number of anilines is 1. The quantitative estimate of drug-likeness (QED) is 0.675. The molecule has 0 saturated heterocycles. The summed E-state index contributed by atoms with van der Waals surface area (Å²) in [5.74, 6) is -0.624. The normalized spacial score (nSPS) is 10.2. The van der Waals surface area contributed by atoms with Crippen molar-refractivity contribution >= 4 is 28.3 Å². The fraction of sp³-hybridized carbons (Fsp3) is 0.100. The maximum absolute atomic E-state index is 11.4. The van der Waals surface area contributed by atoms with Gasteiger partial charge < -0.3 is 9.73 Å². The van der Waals surface area contributed by atoms with Crippen molar-refractivity contribution in [1.29, 1.82) is 0 Å². The first-order valence-corrected chi connectivity index (χ1v) is 5.82. The Morgan fingerprint density at radius 2 is 2.26 bits per heavy atom. The summed E-state index contributed by atoms with van der Waals surface area (Å²) in [6.45, 7) is 1.28. The van der Waals surface area contributed by atoms with Crippen molar-refractivity contribution in [3.8, 4) is 10.6 Å². The highest BCUT2D eigenvalue weighted by atomic mass is 32.1. The molecular weight excluding hydrogens is 274 g/mol. The van der Waals surface area contributed by atoms with E-state index in [0.717, 1.165) is 11.3 Å². The van der Waals surface area contributed by atoms with Crippen molar-refractivity contribution in [2.45, 2.75) is 6.92 Å². The lowest BCUT2D eigenvalue weighted by Crippen LogP contribution is -2.11. The molecule has 0 spiro atoms. The number of nitrogens with one attached hydrogen (secondary N) is 1. The molecule has 0 bridgehead atoms. The zero-order chi connectivity index (χ0) is 14.0. The van der Waals surface area contributed by atoms with E-state index in [1.165, 1.54) is 25.1 Å². The number of carbonyl (C=O) groups is 1. The van der Waals surface area contributed by atoms with E-state index < -0.39 is 16.4 Å². The average molecular weight is 281 g/mol. The number of aromatic nitrogens is 1. The molecule has 0 atom stereocenters. The lowest BCUT2D eigenvalue weighted by molar-refractivity contribution is -0.401. The Hall–Kier alpha value is -2.55. The molecule has 19 heavy (non-hydrogen) atoms. The van der Waals surface area contributed by atoms with Crippen molar-refractivity contribution in [3.63, 3.8) is 0 Å². The summed E-state index contributed by atoms with van der Waals surface area (Å²) in [6, 6.07) is 3.74. The summed E-state index contributed by atoms with van der Waals surface area (Å²) < 4.78 is 4.98. The number of hydrogen-bond acceptors (Lipinski definition) is 7. The Kier molecular flexibility index (Phi) is 3.38. The Morgan fingerprint density at radius 1 is 1.53 bits per heavy atom. The van der Waals surface area contributed by atoms with Crippen molar-refractivity contribution in [3.05, 3.63) is 38.7 Å². The van der Waals surface area contributed by atoms with E-state index in [9.17, 15) is 19.7 Å². The van der Waals surface area contributed by atoms with Gasteiger partial charge in [0.2, 0.25) is 5.91 Å². The predicted octanol–water partition coefficient (Wildman–Crippen LogP) is 1.63. The molecule has 98 valence electrons. The van der Waals surface area contributed by atoms with Gasteiger partial charge in [-0.05, 0) is 6.07 Å². The second kappa shape index (κ2) is 4.98. The van der Waals surface area contributed by atoms with E-state index in [1.807, 2.05) is 0 Å². The molecule has 0 fully saturated rings. The van der Waals surface area contributed by atoms with Gasteiger partial charge in [-0.3, -0.25) is 19.7 Å². The fourth-order valence-corrected chi connectivity index (χ4v) is 2.19. The molecular formula is C10H7N3O5S. The maximum Gasteiger partial charge on any atom is 0.433 e. The zero-order valence-corrected chi connectivity index (χ0v) is 10.4. The number of nitro groups is 1.